The smallest absolute Gasteiger partial charge is 0.220 e. The van der Waals surface area contributed by atoms with E-state index in [1.165, 1.54) is 0 Å². The zero-order valence-corrected chi connectivity index (χ0v) is 13.7. The van der Waals surface area contributed by atoms with Crippen LogP contribution in [0.25, 0.3) is 0 Å². The molecular weight excluding hydrogens is 294 g/mol. The van der Waals surface area contributed by atoms with Crippen LogP contribution < -0.4 is 10.1 Å². The van der Waals surface area contributed by atoms with E-state index in [2.05, 4.69) is 5.32 Å². The first-order valence-electron chi connectivity index (χ1n) is 8.39. The molecule has 0 bridgehead atoms. The molecule has 1 saturated heterocycles. The molecule has 1 aliphatic heterocycles. The number of hydrogen-bond acceptors (Lipinski definition) is 4. The van der Waals surface area contributed by atoms with E-state index in [0.717, 1.165) is 43.4 Å². The fraction of sp³-hybridized carbons (Fsp3) is 0.611. The zero-order valence-electron chi connectivity index (χ0n) is 13.7. The Balaban J connectivity index is 1.45. The lowest BCUT2D eigenvalue weighted by Gasteiger charge is -2.36. The standard InChI is InChI=1S/C18H25NO4/c1-21-16-7-4-14(5-8-16)6-9-17(20)19-15-3-2-10-18(13-15)22-11-12-23-18/h4-5,7-8,15H,2-3,6,9-13H2,1H3,(H,19,20)/t15-/m0/s1. The van der Waals surface area contributed by atoms with Crippen LogP contribution in [-0.2, 0) is 20.7 Å². The number of carbonyl (C=O) groups is 1. The Bertz CT molecular complexity index is 522. The van der Waals surface area contributed by atoms with Crippen molar-refractivity contribution in [1.29, 1.82) is 0 Å². The van der Waals surface area contributed by atoms with Crippen LogP contribution in [0.15, 0.2) is 24.3 Å². The van der Waals surface area contributed by atoms with Gasteiger partial charge in [0.25, 0.3) is 0 Å². The summed E-state index contributed by atoms with van der Waals surface area (Å²) < 4.78 is 16.7. The summed E-state index contributed by atoms with van der Waals surface area (Å²) in [4.78, 5) is 12.2. The summed E-state index contributed by atoms with van der Waals surface area (Å²) >= 11 is 0. The Morgan fingerprint density at radius 1 is 1.30 bits per heavy atom. The van der Waals surface area contributed by atoms with Crippen molar-refractivity contribution in [2.24, 2.45) is 0 Å². The van der Waals surface area contributed by atoms with E-state index in [0.29, 0.717) is 19.6 Å². The minimum absolute atomic E-state index is 0.0980. The number of rotatable bonds is 5. The number of benzene rings is 1. The van der Waals surface area contributed by atoms with Crippen LogP contribution >= 0.6 is 0 Å². The Labute approximate surface area is 137 Å². The van der Waals surface area contributed by atoms with Crippen LogP contribution in [-0.4, -0.2) is 38.1 Å². The van der Waals surface area contributed by atoms with Crippen LogP contribution in [0.1, 0.15) is 37.7 Å². The molecular formula is C18H25NO4. The molecule has 1 spiro atoms. The Kier molecular flexibility index (Phi) is 5.18. The van der Waals surface area contributed by atoms with E-state index in [9.17, 15) is 4.79 Å². The van der Waals surface area contributed by atoms with Crippen molar-refractivity contribution in [2.75, 3.05) is 20.3 Å². The van der Waals surface area contributed by atoms with E-state index in [-0.39, 0.29) is 11.9 Å². The van der Waals surface area contributed by atoms with Gasteiger partial charge in [0, 0.05) is 25.3 Å². The average molecular weight is 319 g/mol. The fourth-order valence-corrected chi connectivity index (χ4v) is 3.43. The number of aryl methyl sites for hydroxylation is 1. The normalized spacial score (nSPS) is 22.9. The van der Waals surface area contributed by atoms with Gasteiger partial charge in [0.15, 0.2) is 5.79 Å². The molecule has 23 heavy (non-hydrogen) atoms. The minimum atomic E-state index is -0.438. The highest BCUT2D eigenvalue weighted by molar-refractivity contribution is 5.76. The van der Waals surface area contributed by atoms with Crippen LogP contribution in [0.3, 0.4) is 0 Å². The third-order valence-corrected chi connectivity index (χ3v) is 4.65. The second-order valence-electron chi connectivity index (χ2n) is 6.32. The van der Waals surface area contributed by atoms with Gasteiger partial charge in [-0.3, -0.25) is 4.79 Å². The van der Waals surface area contributed by atoms with Gasteiger partial charge in [-0.2, -0.15) is 0 Å². The largest absolute Gasteiger partial charge is 0.497 e. The van der Waals surface area contributed by atoms with E-state index in [4.69, 9.17) is 14.2 Å². The van der Waals surface area contributed by atoms with Gasteiger partial charge < -0.3 is 19.5 Å². The van der Waals surface area contributed by atoms with Gasteiger partial charge in [-0.1, -0.05) is 12.1 Å². The van der Waals surface area contributed by atoms with Gasteiger partial charge in [0.05, 0.1) is 20.3 Å². The van der Waals surface area contributed by atoms with Gasteiger partial charge in [0.1, 0.15) is 5.75 Å². The molecule has 1 saturated carbocycles. The van der Waals surface area contributed by atoms with Crippen molar-refractivity contribution in [3.05, 3.63) is 29.8 Å². The Morgan fingerprint density at radius 2 is 2.04 bits per heavy atom. The second-order valence-corrected chi connectivity index (χ2v) is 6.32. The molecule has 126 valence electrons. The maximum absolute atomic E-state index is 12.2. The number of methoxy groups -OCH3 is 1. The molecule has 1 atom stereocenters. The van der Waals surface area contributed by atoms with Crippen molar-refractivity contribution < 1.29 is 19.0 Å². The predicted octanol–water partition coefficient (Wildman–Crippen LogP) is 2.43. The molecule has 1 aromatic rings. The summed E-state index contributed by atoms with van der Waals surface area (Å²) in [7, 11) is 1.65. The van der Waals surface area contributed by atoms with Crippen LogP contribution in [0.4, 0.5) is 0 Å². The van der Waals surface area contributed by atoms with Crippen LogP contribution in [0.2, 0.25) is 0 Å². The molecule has 1 N–H and O–H groups in total. The summed E-state index contributed by atoms with van der Waals surface area (Å²) in [6.45, 7) is 1.33. The molecule has 5 nitrogen and oxygen atoms in total. The number of nitrogens with one attached hydrogen (secondary N) is 1. The summed E-state index contributed by atoms with van der Waals surface area (Å²) in [5.74, 6) is 0.495. The predicted molar refractivity (Wildman–Crippen MR) is 86.3 cm³/mol. The Hall–Kier alpha value is -1.59. The fourth-order valence-electron chi connectivity index (χ4n) is 3.43. The van der Waals surface area contributed by atoms with E-state index >= 15 is 0 Å². The highest BCUT2D eigenvalue weighted by atomic mass is 16.7. The monoisotopic (exact) mass is 319 g/mol. The van der Waals surface area contributed by atoms with E-state index < -0.39 is 5.79 Å². The quantitative estimate of drug-likeness (QED) is 0.905. The molecule has 1 aromatic carbocycles. The molecule has 0 unspecified atom stereocenters. The molecule has 1 heterocycles. The summed E-state index contributed by atoms with van der Waals surface area (Å²) in [6, 6.07) is 8.01. The SMILES string of the molecule is COc1ccc(CCC(=O)N[C@H]2CCCC3(C2)OCCO3)cc1. The molecule has 1 amide bonds. The van der Waals surface area contributed by atoms with Crippen LogP contribution in [0.5, 0.6) is 5.75 Å². The highest BCUT2D eigenvalue weighted by Gasteiger charge is 2.41. The second kappa shape index (κ2) is 7.32. The molecule has 0 aromatic heterocycles. The minimum Gasteiger partial charge on any atom is -0.497 e. The van der Waals surface area contributed by atoms with Crippen molar-refractivity contribution in [2.45, 2.75) is 50.4 Å². The van der Waals surface area contributed by atoms with Gasteiger partial charge in [0.2, 0.25) is 5.91 Å². The van der Waals surface area contributed by atoms with Gasteiger partial charge >= 0.3 is 0 Å². The zero-order chi connectivity index (χ0) is 16.1. The highest BCUT2D eigenvalue weighted by Crippen LogP contribution is 2.35. The number of ether oxygens (including phenoxy) is 3. The van der Waals surface area contributed by atoms with E-state index in [1.54, 1.807) is 7.11 Å². The maximum Gasteiger partial charge on any atom is 0.220 e. The first-order valence-corrected chi connectivity index (χ1v) is 8.39. The Morgan fingerprint density at radius 3 is 2.74 bits per heavy atom. The lowest BCUT2D eigenvalue weighted by Crippen LogP contribution is -2.46. The number of carbonyl (C=O) groups excluding carboxylic acids is 1. The van der Waals surface area contributed by atoms with Crippen molar-refractivity contribution in [3.8, 4) is 5.75 Å². The first-order chi connectivity index (χ1) is 11.2. The average Bonchev–Trinajstić information content (AvgIpc) is 3.01. The van der Waals surface area contributed by atoms with Crippen molar-refractivity contribution in [1.82, 2.24) is 5.32 Å². The van der Waals surface area contributed by atoms with Gasteiger partial charge in [-0.25, -0.2) is 0 Å². The number of hydrogen-bond donors (Lipinski definition) is 1. The van der Waals surface area contributed by atoms with Crippen molar-refractivity contribution >= 4 is 5.91 Å². The first kappa shape index (κ1) is 16.3. The molecule has 1 aliphatic carbocycles. The summed E-state index contributed by atoms with van der Waals surface area (Å²) in [6.07, 6.45) is 4.97. The number of amides is 1. The molecule has 5 heteroatoms. The molecule has 3 rings (SSSR count). The van der Waals surface area contributed by atoms with Crippen molar-refractivity contribution in [3.63, 3.8) is 0 Å². The summed E-state index contributed by atoms with van der Waals surface area (Å²) in [5.41, 5.74) is 1.14. The molecule has 0 radical (unpaired) electrons. The molecule has 2 fully saturated rings. The lowest BCUT2D eigenvalue weighted by molar-refractivity contribution is -0.182. The van der Waals surface area contributed by atoms with Crippen LogP contribution in [0, 0.1) is 0 Å². The topological polar surface area (TPSA) is 56.8 Å². The van der Waals surface area contributed by atoms with Gasteiger partial charge in [-0.05, 0) is 37.0 Å². The lowest BCUT2D eigenvalue weighted by atomic mass is 9.89. The maximum atomic E-state index is 12.2. The molecule has 2 aliphatic rings. The third kappa shape index (κ3) is 4.24. The van der Waals surface area contributed by atoms with Gasteiger partial charge in [-0.15, -0.1) is 0 Å². The van der Waals surface area contributed by atoms with E-state index in [1.807, 2.05) is 24.3 Å². The third-order valence-electron chi connectivity index (χ3n) is 4.65. The summed E-state index contributed by atoms with van der Waals surface area (Å²) in [5, 5.41) is 3.14.